The molecule has 0 aromatic carbocycles. The number of nitrogens with zero attached hydrogens (tertiary/aromatic N) is 2. The van der Waals surface area contributed by atoms with Crippen LogP contribution in [-0.2, 0) is 0 Å². The van der Waals surface area contributed by atoms with Crippen molar-refractivity contribution in [2.75, 3.05) is 0 Å². The van der Waals surface area contributed by atoms with Crippen molar-refractivity contribution in [3.8, 4) is 0 Å². The fourth-order valence-electron chi connectivity index (χ4n) is 0.299. The van der Waals surface area contributed by atoms with Crippen molar-refractivity contribution >= 4 is 5.95 Å². The Bertz CT molecular complexity index is 137. The molecule has 0 saturated carbocycles. The minimum Gasteiger partial charge on any atom is -0.266 e. The van der Waals surface area contributed by atoms with Crippen molar-refractivity contribution < 1.29 is 0 Å². The standard InChI is InChI=1S/C4H4N3/c5-4-6-2-1-3-7-4/h1-3,5H. The molecule has 1 aromatic heterocycles. The molecule has 0 saturated heterocycles. The normalized spacial score (nSPS) is 8.57. The minimum absolute atomic E-state index is 0.0718. The predicted molar refractivity (Wildman–Crippen MR) is 24.8 cm³/mol. The van der Waals surface area contributed by atoms with Crippen LogP contribution < -0.4 is 5.73 Å². The van der Waals surface area contributed by atoms with Crippen LogP contribution >= 0.6 is 0 Å². The van der Waals surface area contributed by atoms with Crippen LogP contribution in [-0.4, -0.2) is 9.97 Å². The van der Waals surface area contributed by atoms with Crippen molar-refractivity contribution in [2.24, 2.45) is 0 Å². The van der Waals surface area contributed by atoms with Gasteiger partial charge >= 0.3 is 0 Å². The van der Waals surface area contributed by atoms with Gasteiger partial charge in [0.25, 0.3) is 0 Å². The Morgan fingerprint density at radius 2 is 1.86 bits per heavy atom. The third-order valence-corrected chi connectivity index (χ3v) is 0.566. The number of nitrogens with one attached hydrogen (secondary N) is 1. The van der Waals surface area contributed by atoms with Crippen LogP contribution in [0.1, 0.15) is 0 Å². The van der Waals surface area contributed by atoms with Gasteiger partial charge in [-0.3, -0.25) is 5.73 Å². The molecule has 0 fully saturated rings. The molecule has 0 atom stereocenters. The highest BCUT2D eigenvalue weighted by atomic mass is 15.0. The average Bonchev–Trinajstić information content (AvgIpc) is 1.69. The van der Waals surface area contributed by atoms with Gasteiger partial charge in [-0.25, -0.2) is 9.97 Å². The lowest BCUT2D eigenvalue weighted by atomic mass is 10.7. The van der Waals surface area contributed by atoms with Crippen LogP contribution in [0.2, 0.25) is 0 Å². The molecule has 0 unspecified atom stereocenters. The lowest BCUT2D eigenvalue weighted by Gasteiger charge is -1.80. The fourth-order valence-corrected chi connectivity index (χ4v) is 0.299. The van der Waals surface area contributed by atoms with Gasteiger partial charge in [-0.2, -0.15) is 0 Å². The summed E-state index contributed by atoms with van der Waals surface area (Å²) in [6.45, 7) is 0. The molecule has 0 aliphatic heterocycles. The Labute approximate surface area is 41.2 Å². The third kappa shape index (κ3) is 0.855. The first-order chi connectivity index (χ1) is 3.39. The van der Waals surface area contributed by atoms with Crippen LogP contribution in [0.15, 0.2) is 18.5 Å². The summed E-state index contributed by atoms with van der Waals surface area (Å²) < 4.78 is 0. The fraction of sp³-hybridized carbons (Fsp3) is 0. The van der Waals surface area contributed by atoms with Gasteiger partial charge in [0.2, 0.25) is 5.95 Å². The molecule has 1 rings (SSSR count). The van der Waals surface area contributed by atoms with E-state index in [-0.39, 0.29) is 5.95 Å². The van der Waals surface area contributed by atoms with Crippen molar-refractivity contribution in [2.45, 2.75) is 0 Å². The first-order valence-corrected chi connectivity index (χ1v) is 1.88. The molecule has 1 aromatic rings. The highest BCUT2D eigenvalue weighted by Gasteiger charge is 1.76. The largest absolute Gasteiger partial charge is 0.266 e. The van der Waals surface area contributed by atoms with E-state index in [9.17, 15) is 0 Å². The van der Waals surface area contributed by atoms with E-state index in [0.717, 1.165) is 0 Å². The first-order valence-electron chi connectivity index (χ1n) is 1.88. The number of aromatic nitrogens is 2. The van der Waals surface area contributed by atoms with Gasteiger partial charge in [0, 0.05) is 12.4 Å². The highest BCUT2D eigenvalue weighted by Crippen LogP contribution is 1.84. The van der Waals surface area contributed by atoms with Crippen LogP contribution in [0, 0.1) is 0 Å². The van der Waals surface area contributed by atoms with Crippen molar-refractivity contribution in [3.05, 3.63) is 18.5 Å². The molecule has 0 amide bonds. The Morgan fingerprint density at radius 3 is 2.14 bits per heavy atom. The maximum Gasteiger partial charge on any atom is 0.241 e. The summed E-state index contributed by atoms with van der Waals surface area (Å²) in [5, 5.41) is 0. The molecule has 7 heavy (non-hydrogen) atoms. The zero-order valence-electron chi connectivity index (χ0n) is 3.63. The van der Waals surface area contributed by atoms with E-state index < -0.39 is 0 Å². The van der Waals surface area contributed by atoms with E-state index in [1.54, 1.807) is 6.07 Å². The van der Waals surface area contributed by atoms with Crippen molar-refractivity contribution in [1.29, 1.82) is 0 Å². The van der Waals surface area contributed by atoms with Gasteiger partial charge < -0.3 is 0 Å². The van der Waals surface area contributed by atoms with Gasteiger partial charge in [-0.05, 0) is 6.07 Å². The summed E-state index contributed by atoms with van der Waals surface area (Å²) in [7, 11) is 0. The van der Waals surface area contributed by atoms with E-state index in [2.05, 4.69) is 9.97 Å². The maximum atomic E-state index is 6.77. The van der Waals surface area contributed by atoms with Crippen molar-refractivity contribution in [3.63, 3.8) is 0 Å². The molecular formula is C4H4N3. The van der Waals surface area contributed by atoms with Gasteiger partial charge in [0.1, 0.15) is 0 Å². The SMILES string of the molecule is [NH]c1ncccn1. The average molecular weight is 94.1 g/mol. The van der Waals surface area contributed by atoms with Gasteiger partial charge in [-0.1, -0.05) is 0 Å². The molecule has 0 aliphatic carbocycles. The maximum absolute atomic E-state index is 6.77. The summed E-state index contributed by atoms with van der Waals surface area (Å²) in [4.78, 5) is 7.07. The van der Waals surface area contributed by atoms with E-state index in [0.29, 0.717) is 0 Å². The Balaban J connectivity index is 3.02. The van der Waals surface area contributed by atoms with E-state index in [1.807, 2.05) is 0 Å². The van der Waals surface area contributed by atoms with Crippen LogP contribution in [0.25, 0.3) is 0 Å². The number of hydrogen-bond donors (Lipinski definition) is 0. The lowest BCUT2D eigenvalue weighted by molar-refractivity contribution is 1.12. The summed E-state index contributed by atoms with van der Waals surface area (Å²) in [6.07, 6.45) is 3.07. The quantitative estimate of drug-likeness (QED) is 0.467. The lowest BCUT2D eigenvalue weighted by Crippen LogP contribution is -1.77. The molecule has 0 spiro atoms. The molecule has 0 aliphatic rings. The Hall–Kier alpha value is -1.12. The molecule has 0 bridgehead atoms. The number of rotatable bonds is 0. The molecule has 35 valence electrons. The van der Waals surface area contributed by atoms with Crippen LogP contribution in [0.3, 0.4) is 0 Å². The van der Waals surface area contributed by atoms with Crippen LogP contribution in [0.4, 0.5) is 5.95 Å². The molecule has 3 nitrogen and oxygen atoms in total. The zero-order chi connectivity index (χ0) is 5.11. The van der Waals surface area contributed by atoms with Gasteiger partial charge in [-0.15, -0.1) is 0 Å². The zero-order valence-corrected chi connectivity index (χ0v) is 3.63. The van der Waals surface area contributed by atoms with Crippen LogP contribution in [0.5, 0.6) is 0 Å². The summed E-state index contributed by atoms with van der Waals surface area (Å²) >= 11 is 0. The summed E-state index contributed by atoms with van der Waals surface area (Å²) in [5.41, 5.74) is 6.77. The molecule has 1 radical (unpaired) electrons. The second kappa shape index (κ2) is 1.55. The van der Waals surface area contributed by atoms with Gasteiger partial charge in [0.15, 0.2) is 0 Å². The second-order valence-corrected chi connectivity index (χ2v) is 1.07. The first kappa shape index (κ1) is 4.05. The van der Waals surface area contributed by atoms with Gasteiger partial charge in [0.05, 0.1) is 0 Å². The summed E-state index contributed by atoms with van der Waals surface area (Å²) in [6, 6.07) is 1.68. The highest BCUT2D eigenvalue weighted by molar-refractivity contribution is 5.05. The molecule has 3 heteroatoms. The molecule has 1 N–H and O–H groups in total. The molecule has 1 heterocycles. The van der Waals surface area contributed by atoms with E-state index in [1.165, 1.54) is 12.4 Å². The third-order valence-electron chi connectivity index (χ3n) is 0.566. The van der Waals surface area contributed by atoms with Crippen molar-refractivity contribution in [1.82, 2.24) is 15.7 Å². The molecular weight excluding hydrogens is 90.1 g/mol. The number of hydrogen-bond acceptors (Lipinski definition) is 2. The summed E-state index contributed by atoms with van der Waals surface area (Å²) in [5.74, 6) is 0.0718. The second-order valence-electron chi connectivity index (χ2n) is 1.07. The predicted octanol–water partition coefficient (Wildman–Crippen LogP) is 0.391. The smallest absolute Gasteiger partial charge is 0.241 e. The monoisotopic (exact) mass is 94.0 g/mol. The minimum atomic E-state index is 0.0718. The Kier molecular flexibility index (Phi) is 0.898. The van der Waals surface area contributed by atoms with E-state index >= 15 is 0 Å². The van der Waals surface area contributed by atoms with E-state index in [4.69, 9.17) is 5.73 Å². The Morgan fingerprint density at radius 1 is 1.29 bits per heavy atom. The topological polar surface area (TPSA) is 49.6 Å².